The zero-order chi connectivity index (χ0) is 14.4. The maximum Gasteiger partial charge on any atom is 0.335 e. The topological polar surface area (TPSA) is 46.5 Å². The van der Waals surface area contributed by atoms with E-state index in [1.165, 1.54) is 24.3 Å². The number of hydrogen-bond acceptors (Lipinski definition) is 3. The minimum absolute atomic E-state index is 0.105. The van der Waals surface area contributed by atoms with Crippen LogP contribution in [0.25, 0.3) is 0 Å². The lowest BCUT2D eigenvalue weighted by molar-refractivity contribution is -0.154. The number of hydrogen-bond donors (Lipinski definition) is 1. The Morgan fingerprint density at radius 2 is 1.70 bits per heavy atom. The highest BCUT2D eigenvalue weighted by atomic mass is 19.1. The van der Waals surface area contributed by atoms with Crippen LogP contribution in [-0.2, 0) is 22.6 Å². The van der Waals surface area contributed by atoms with Gasteiger partial charge in [-0.1, -0.05) is 42.5 Å². The molecule has 0 aliphatic heterocycles. The van der Waals surface area contributed by atoms with Gasteiger partial charge in [0.25, 0.3) is 0 Å². The predicted octanol–water partition coefficient (Wildman–Crippen LogP) is 2.47. The van der Waals surface area contributed by atoms with Crippen molar-refractivity contribution in [3.05, 3.63) is 71.5 Å². The van der Waals surface area contributed by atoms with Gasteiger partial charge in [0.15, 0.2) is 6.10 Å². The number of esters is 1. The minimum atomic E-state index is -1.25. The number of carbonyl (C=O) groups is 1. The fraction of sp³-hybridized carbons (Fsp3) is 0.188. The summed E-state index contributed by atoms with van der Waals surface area (Å²) in [6, 6.07) is 14.9. The predicted molar refractivity (Wildman–Crippen MR) is 72.3 cm³/mol. The van der Waals surface area contributed by atoms with E-state index >= 15 is 0 Å². The molecule has 0 radical (unpaired) electrons. The molecule has 104 valence electrons. The summed E-state index contributed by atoms with van der Waals surface area (Å²) in [6.45, 7) is 0.125. The molecule has 0 aliphatic carbocycles. The van der Waals surface area contributed by atoms with Crippen LogP contribution in [0.1, 0.15) is 11.1 Å². The van der Waals surface area contributed by atoms with Crippen LogP contribution in [0.15, 0.2) is 54.6 Å². The van der Waals surface area contributed by atoms with Crippen LogP contribution < -0.4 is 0 Å². The van der Waals surface area contributed by atoms with Crippen molar-refractivity contribution in [1.29, 1.82) is 0 Å². The molecule has 0 saturated heterocycles. The highest BCUT2D eigenvalue weighted by molar-refractivity contribution is 5.74. The Morgan fingerprint density at radius 1 is 1.05 bits per heavy atom. The van der Waals surface area contributed by atoms with Crippen LogP contribution in [0, 0.1) is 5.82 Å². The average Bonchev–Trinajstić information content (AvgIpc) is 2.48. The first-order valence-corrected chi connectivity index (χ1v) is 6.28. The third-order valence-electron chi connectivity index (χ3n) is 2.84. The number of aliphatic hydroxyl groups is 1. The summed E-state index contributed by atoms with van der Waals surface area (Å²) in [5.41, 5.74) is 1.53. The summed E-state index contributed by atoms with van der Waals surface area (Å²) in [6.07, 6.45) is -1.14. The first-order chi connectivity index (χ1) is 9.65. The Balaban J connectivity index is 1.84. The lowest BCUT2D eigenvalue weighted by Crippen LogP contribution is -2.25. The van der Waals surface area contributed by atoms with Gasteiger partial charge in [-0.3, -0.25) is 0 Å². The molecule has 2 aromatic carbocycles. The van der Waals surface area contributed by atoms with Gasteiger partial charge in [-0.25, -0.2) is 9.18 Å². The van der Waals surface area contributed by atoms with Crippen LogP contribution in [0.2, 0.25) is 0 Å². The monoisotopic (exact) mass is 274 g/mol. The summed E-state index contributed by atoms with van der Waals surface area (Å²) in [5.74, 6) is -1.03. The van der Waals surface area contributed by atoms with Crippen molar-refractivity contribution in [3.8, 4) is 0 Å². The quantitative estimate of drug-likeness (QED) is 0.852. The van der Waals surface area contributed by atoms with E-state index in [1.807, 2.05) is 30.3 Å². The van der Waals surface area contributed by atoms with Crippen LogP contribution in [0.5, 0.6) is 0 Å². The van der Waals surface area contributed by atoms with E-state index in [1.54, 1.807) is 0 Å². The van der Waals surface area contributed by atoms with Crippen molar-refractivity contribution in [2.75, 3.05) is 0 Å². The van der Waals surface area contributed by atoms with Gasteiger partial charge in [0.1, 0.15) is 12.4 Å². The van der Waals surface area contributed by atoms with Crippen LogP contribution in [-0.4, -0.2) is 17.2 Å². The lowest BCUT2D eigenvalue weighted by Gasteiger charge is -2.11. The molecule has 2 aromatic rings. The Hall–Kier alpha value is -2.20. The SMILES string of the molecule is O=C(OCc1ccccc1)[C@@H](O)Cc1ccc(F)cc1. The van der Waals surface area contributed by atoms with Gasteiger partial charge in [0, 0.05) is 6.42 Å². The van der Waals surface area contributed by atoms with E-state index in [-0.39, 0.29) is 18.8 Å². The van der Waals surface area contributed by atoms with Crippen LogP contribution in [0.4, 0.5) is 4.39 Å². The van der Waals surface area contributed by atoms with Gasteiger partial charge in [-0.05, 0) is 23.3 Å². The van der Waals surface area contributed by atoms with Gasteiger partial charge in [-0.2, -0.15) is 0 Å². The number of carbonyl (C=O) groups excluding carboxylic acids is 1. The summed E-state index contributed by atoms with van der Waals surface area (Å²) in [4.78, 5) is 11.6. The second-order valence-electron chi connectivity index (χ2n) is 4.44. The van der Waals surface area contributed by atoms with Gasteiger partial charge in [0.05, 0.1) is 0 Å². The largest absolute Gasteiger partial charge is 0.459 e. The normalized spacial score (nSPS) is 11.9. The molecular formula is C16H15FO3. The van der Waals surface area contributed by atoms with E-state index in [0.717, 1.165) is 5.56 Å². The second-order valence-corrected chi connectivity index (χ2v) is 4.44. The fourth-order valence-electron chi connectivity index (χ4n) is 1.75. The van der Waals surface area contributed by atoms with Gasteiger partial charge >= 0.3 is 5.97 Å². The lowest BCUT2D eigenvalue weighted by atomic mass is 10.1. The van der Waals surface area contributed by atoms with Crippen molar-refractivity contribution in [1.82, 2.24) is 0 Å². The molecule has 3 nitrogen and oxygen atoms in total. The maximum atomic E-state index is 12.7. The smallest absolute Gasteiger partial charge is 0.335 e. The maximum absolute atomic E-state index is 12.7. The Bertz CT molecular complexity index is 552. The molecule has 0 aliphatic rings. The van der Waals surface area contributed by atoms with E-state index in [4.69, 9.17) is 4.74 Å². The Labute approximate surface area is 116 Å². The number of aliphatic hydroxyl groups excluding tert-OH is 1. The van der Waals surface area contributed by atoms with E-state index in [2.05, 4.69) is 0 Å². The summed E-state index contributed by atoms with van der Waals surface area (Å²) >= 11 is 0. The molecule has 0 fully saturated rings. The van der Waals surface area contributed by atoms with Gasteiger partial charge < -0.3 is 9.84 Å². The number of rotatable bonds is 5. The summed E-state index contributed by atoms with van der Waals surface area (Å²) in [7, 11) is 0. The average molecular weight is 274 g/mol. The van der Waals surface area contributed by atoms with Crippen LogP contribution in [0.3, 0.4) is 0 Å². The summed E-state index contributed by atoms with van der Waals surface area (Å²) in [5, 5.41) is 9.75. The van der Waals surface area contributed by atoms with Gasteiger partial charge in [-0.15, -0.1) is 0 Å². The highest BCUT2D eigenvalue weighted by Gasteiger charge is 2.17. The van der Waals surface area contributed by atoms with E-state index in [9.17, 15) is 14.3 Å². The molecule has 4 heteroatoms. The van der Waals surface area contributed by atoms with Crippen molar-refractivity contribution < 1.29 is 19.0 Å². The molecule has 1 atom stereocenters. The molecular weight excluding hydrogens is 259 g/mol. The van der Waals surface area contributed by atoms with E-state index in [0.29, 0.717) is 5.56 Å². The third kappa shape index (κ3) is 4.17. The fourth-order valence-corrected chi connectivity index (χ4v) is 1.75. The highest BCUT2D eigenvalue weighted by Crippen LogP contribution is 2.08. The molecule has 0 aromatic heterocycles. The zero-order valence-corrected chi connectivity index (χ0v) is 10.8. The molecule has 0 amide bonds. The molecule has 2 rings (SSSR count). The summed E-state index contributed by atoms with van der Waals surface area (Å²) < 4.78 is 17.8. The zero-order valence-electron chi connectivity index (χ0n) is 10.8. The second kappa shape index (κ2) is 6.82. The molecule has 1 N–H and O–H groups in total. The molecule has 0 unspecified atom stereocenters. The first kappa shape index (κ1) is 14.2. The molecule has 0 bridgehead atoms. The number of halogens is 1. The molecule has 0 heterocycles. The number of benzene rings is 2. The molecule has 0 saturated carbocycles. The molecule has 20 heavy (non-hydrogen) atoms. The van der Waals surface area contributed by atoms with Crippen molar-refractivity contribution >= 4 is 5.97 Å². The minimum Gasteiger partial charge on any atom is -0.459 e. The standard InChI is InChI=1S/C16H15FO3/c17-14-8-6-12(7-9-14)10-15(18)16(19)20-11-13-4-2-1-3-5-13/h1-9,15,18H,10-11H2/t15-/m0/s1. The van der Waals surface area contributed by atoms with Gasteiger partial charge in [0.2, 0.25) is 0 Å². The van der Waals surface area contributed by atoms with Crippen molar-refractivity contribution in [3.63, 3.8) is 0 Å². The van der Waals surface area contributed by atoms with E-state index < -0.39 is 12.1 Å². The first-order valence-electron chi connectivity index (χ1n) is 6.28. The molecule has 0 spiro atoms. The third-order valence-corrected chi connectivity index (χ3v) is 2.84. The Morgan fingerprint density at radius 3 is 2.35 bits per heavy atom. The van der Waals surface area contributed by atoms with Crippen molar-refractivity contribution in [2.24, 2.45) is 0 Å². The Kier molecular flexibility index (Phi) is 4.85. The van der Waals surface area contributed by atoms with Crippen LogP contribution >= 0.6 is 0 Å². The number of ether oxygens (including phenoxy) is 1. The van der Waals surface area contributed by atoms with Crippen molar-refractivity contribution in [2.45, 2.75) is 19.1 Å².